The summed E-state index contributed by atoms with van der Waals surface area (Å²) in [5, 5.41) is 11.5. The molecule has 0 aliphatic carbocycles. The fourth-order valence-electron chi connectivity index (χ4n) is 1.90. The Morgan fingerprint density at radius 3 is 2.78 bits per heavy atom. The number of ketones is 1. The lowest BCUT2D eigenvalue weighted by molar-refractivity contribution is -0.116. The first-order chi connectivity index (χ1) is 8.47. The molecule has 1 aromatic carbocycles. The van der Waals surface area contributed by atoms with Crippen LogP contribution in [0.5, 0.6) is 0 Å². The molecular weight excluding hydrogens is 236 g/mol. The van der Waals surface area contributed by atoms with E-state index in [0.29, 0.717) is 11.4 Å². The zero-order valence-electron chi connectivity index (χ0n) is 9.77. The fraction of sp³-hybridized carbons (Fsp3) is 0.250. The molecule has 1 heterocycles. The van der Waals surface area contributed by atoms with Gasteiger partial charge in [0.15, 0.2) is 0 Å². The monoisotopic (exact) mass is 248 g/mol. The molecule has 1 aliphatic heterocycles. The maximum absolute atomic E-state index is 11.5. The second-order valence-electron chi connectivity index (χ2n) is 4.14. The van der Waals surface area contributed by atoms with Gasteiger partial charge >= 0.3 is 5.97 Å². The normalized spacial score (nSPS) is 13.8. The van der Waals surface area contributed by atoms with Gasteiger partial charge in [-0.15, -0.1) is 0 Å². The summed E-state index contributed by atoms with van der Waals surface area (Å²) in [4.78, 5) is 35.1. The van der Waals surface area contributed by atoms with Gasteiger partial charge in [0, 0.05) is 0 Å². The Kier molecular flexibility index (Phi) is 3.01. The number of amides is 1. The van der Waals surface area contributed by atoms with Gasteiger partial charge in [0.1, 0.15) is 5.78 Å². The molecular formula is C12H12N2O4. The molecule has 94 valence electrons. The van der Waals surface area contributed by atoms with E-state index in [1.54, 1.807) is 11.0 Å². The van der Waals surface area contributed by atoms with Crippen molar-refractivity contribution in [2.45, 2.75) is 6.92 Å². The van der Waals surface area contributed by atoms with Gasteiger partial charge < -0.3 is 15.3 Å². The number of carbonyl (C=O) groups excluding carboxylic acids is 2. The van der Waals surface area contributed by atoms with Crippen molar-refractivity contribution >= 4 is 29.0 Å². The Labute approximate surface area is 103 Å². The number of aromatic carboxylic acids is 1. The summed E-state index contributed by atoms with van der Waals surface area (Å²) >= 11 is 0. The van der Waals surface area contributed by atoms with Gasteiger partial charge in [-0.3, -0.25) is 9.59 Å². The van der Waals surface area contributed by atoms with Crippen LogP contribution in [0.15, 0.2) is 18.2 Å². The number of hydrogen-bond donors (Lipinski definition) is 2. The van der Waals surface area contributed by atoms with E-state index in [-0.39, 0.29) is 30.3 Å². The average Bonchev–Trinajstić information content (AvgIpc) is 2.26. The van der Waals surface area contributed by atoms with Crippen LogP contribution in [0.4, 0.5) is 11.4 Å². The van der Waals surface area contributed by atoms with E-state index in [4.69, 9.17) is 5.11 Å². The summed E-state index contributed by atoms with van der Waals surface area (Å²) in [5.74, 6) is -1.38. The van der Waals surface area contributed by atoms with Gasteiger partial charge in [-0.2, -0.15) is 0 Å². The zero-order chi connectivity index (χ0) is 13.3. The summed E-state index contributed by atoms with van der Waals surface area (Å²) in [6, 6.07) is 4.44. The minimum atomic E-state index is -1.06. The first kappa shape index (κ1) is 12.1. The van der Waals surface area contributed by atoms with Crippen LogP contribution in [0.3, 0.4) is 0 Å². The van der Waals surface area contributed by atoms with Crippen LogP contribution in [-0.2, 0) is 9.59 Å². The van der Waals surface area contributed by atoms with Crippen molar-refractivity contribution in [2.75, 3.05) is 23.3 Å². The number of anilines is 2. The van der Waals surface area contributed by atoms with Crippen LogP contribution in [0, 0.1) is 0 Å². The summed E-state index contributed by atoms with van der Waals surface area (Å²) in [7, 11) is 0. The van der Waals surface area contributed by atoms with Crippen molar-refractivity contribution in [3.8, 4) is 0 Å². The standard InChI is InChI=1S/C12H12N2O4/c1-7(15)5-14-6-11(16)13-9-4-8(12(17)18)2-3-10(9)14/h2-4H,5-6H2,1H3,(H,13,16)(H,17,18). The lowest BCUT2D eigenvalue weighted by Gasteiger charge is -2.30. The molecule has 0 saturated carbocycles. The highest BCUT2D eigenvalue weighted by atomic mass is 16.4. The number of nitrogens with one attached hydrogen (secondary N) is 1. The predicted octanol–water partition coefficient (Wildman–Crippen LogP) is 0.732. The molecule has 0 bridgehead atoms. The fourth-order valence-corrected chi connectivity index (χ4v) is 1.90. The van der Waals surface area contributed by atoms with Crippen molar-refractivity contribution in [1.82, 2.24) is 0 Å². The molecule has 0 radical (unpaired) electrons. The molecule has 1 amide bonds. The van der Waals surface area contributed by atoms with Crippen molar-refractivity contribution in [3.63, 3.8) is 0 Å². The molecule has 0 spiro atoms. The molecule has 0 unspecified atom stereocenters. The van der Waals surface area contributed by atoms with Gasteiger partial charge in [0.05, 0.1) is 30.0 Å². The number of nitrogens with zero attached hydrogens (tertiary/aromatic N) is 1. The number of Topliss-reactive ketones (excluding diaryl/α,β-unsaturated/α-hetero) is 1. The summed E-state index contributed by atoms with van der Waals surface area (Å²) in [6.45, 7) is 1.67. The molecule has 0 atom stereocenters. The second kappa shape index (κ2) is 4.48. The minimum absolute atomic E-state index is 0.0574. The van der Waals surface area contributed by atoms with Crippen molar-refractivity contribution in [1.29, 1.82) is 0 Å². The highest BCUT2D eigenvalue weighted by molar-refractivity contribution is 6.04. The van der Waals surface area contributed by atoms with Crippen LogP contribution in [0.25, 0.3) is 0 Å². The zero-order valence-corrected chi connectivity index (χ0v) is 9.77. The highest BCUT2D eigenvalue weighted by Crippen LogP contribution is 2.30. The van der Waals surface area contributed by atoms with E-state index in [9.17, 15) is 14.4 Å². The molecule has 2 rings (SSSR count). The average molecular weight is 248 g/mol. The Morgan fingerprint density at radius 2 is 2.17 bits per heavy atom. The summed E-state index contributed by atoms with van der Waals surface area (Å²) in [6.07, 6.45) is 0. The maximum Gasteiger partial charge on any atom is 0.335 e. The van der Waals surface area contributed by atoms with E-state index in [1.807, 2.05) is 0 Å². The molecule has 6 nitrogen and oxygen atoms in total. The number of benzene rings is 1. The number of rotatable bonds is 3. The van der Waals surface area contributed by atoms with Crippen LogP contribution in [0.1, 0.15) is 17.3 Å². The van der Waals surface area contributed by atoms with E-state index in [1.165, 1.54) is 19.1 Å². The Hall–Kier alpha value is -2.37. The molecule has 2 N–H and O–H groups in total. The lowest BCUT2D eigenvalue weighted by Crippen LogP contribution is -2.40. The van der Waals surface area contributed by atoms with Gasteiger partial charge in [-0.05, 0) is 25.1 Å². The third kappa shape index (κ3) is 2.32. The third-order valence-corrected chi connectivity index (χ3v) is 2.61. The number of carboxylic acids is 1. The lowest BCUT2D eigenvalue weighted by atomic mass is 10.1. The minimum Gasteiger partial charge on any atom is -0.478 e. The van der Waals surface area contributed by atoms with Gasteiger partial charge in [-0.25, -0.2) is 4.79 Å². The van der Waals surface area contributed by atoms with Crippen LogP contribution >= 0.6 is 0 Å². The maximum atomic E-state index is 11.5. The number of carboxylic acid groups (broad SMARTS) is 1. The third-order valence-electron chi connectivity index (χ3n) is 2.61. The number of fused-ring (bicyclic) bond motifs is 1. The number of carbonyl (C=O) groups is 3. The Bertz CT molecular complexity index is 539. The van der Waals surface area contributed by atoms with Gasteiger partial charge in [0.25, 0.3) is 0 Å². The van der Waals surface area contributed by atoms with E-state index < -0.39 is 5.97 Å². The SMILES string of the molecule is CC(=O)CN1CC(=O)Nc2cc(C(=O)O)ccc21. The van der Waals surface area contributed by atoms with Crippen molar-refractivity contribution in [3.05, 3.63) is 23.8 Å². The molecule has 0 fully saturated rings. The number of hydrogen-bond acceptors (Lipinski definition) is 4. The quantitative estimate of drug-likeness (QED) is 0.823. The molecule has 6 heteroatoms. The molecule has 18 heavy (non-hydrogen) atoms. The Morgan fingerprint density at radius 1 is 1.44 bits per heavy atom. The smallest absolute Gasteiger partial charge is 0.335 e. The van der Waals surface area contributed by atoms with Crippen LogP contribution < -0.4 is 10.2 Å². The molecule has 1 aromatic rings. The van der Waals surface area contributed by atoms with Crippen molar-refractivity contribution < 1.29 is 19.5 Å². The van der Waals surface area contributed by atoms with Crippen molar-refractivity contribution in [2.24, 2.45) is 0 Å². The second-order valence-corrected chi connectivity index (χ2v) is 4.14. The van der Waals surface area contributed by atoms with E-state index in [0.717, 1.165) is 0 Å². The first-order valence-corrected chi connectivity index (χ1v) is 5.39. The predicted molar refractivity (Wildman–Crippen MR) is 64.9 cm³/mol. The van der Waals surface area contributed by atoms with Gasteiger partial charge in [-0.1, -0.05) is 0 Å². The van der Waals surface area contributed by atoms with E-state index in [2.05, 4.69) is 5.32 Å². The Balaban J connectivity index is 2.40. The topological polar surface area (TPSA) is 86.7 Å². The molecule has 0 aromatic heterocycles. The summed E-state index contributed by atoms with van der Waals surface area (Å²) < 4.78 is 0. The highest BCUT2D eigenvalue weighted by Gasteiger charge is 2.23. The molecule has 0 saturated heterocycles. The van der Waals surface area contributed by atoms with Crippen LogP contribution in [-0.4, -0.2) is 35.9 Å². The van der Waals surface area contributed by atoms with E-state index >= 15 is 0 Å². The van der Waals surface area contributed by atoms with Crippen LogP contribution in [0.2, 0.25) is 0 Å². The largest absolute Gasteiger partial charge is 0.478 e. The first-order valence-electron chi connectivity index (χ1n) is 5.39. The molecule has 1 aliphatic rings. The summed E-state index contributed by atoms with van der Waals surface area (Å²) in [5.41, 5.74) is 1.18. The van der Waals surface area contributed by atoms with Gasteiger partial charge in [0.2, 0.25) is 5.91 Å².